The van der Waals surface area contributed by atoms with Gasteiger partial charge in [0.1, 0.15) is 10.7 Å². The standard InChI is InChI=1S/C13H14FN3OS/c1-2-11-12(19-17-16-11)13(18)15-8-7-9-5-3-4-6-10(9)14/h3-6H,2,7-8H2,1H3,(H,15,18). The van der Waals surface area contributed by atoms with Gasteiger partial charge in [0.25, 0.3) is 5.91 Å². The minimum Gasteiger partial charge on any atom is -0.351 e. The quantitative estimate of drug-likeness (QED) is 0.913. The molecular weight excluding hydrogens is 265 g/mol. The van der Waals surface area contributed by atoms with Crippen molar-refractivity contribution >= 4 is 17.4 Å². The maximum Gasteiger partial charge on any atom is 0.264 e. The molecule has 0 radical (unpaired) electrons. The first kappa shape index (κ1) is 13.6. The lowest BCUT2D eigenvalue weighted by Gasteiger charge is -2.05. The first-order valence-electron chi connectivity index (χ1n) is 6.05. The number of halogens is 1. The molecule has 0 aliphatic carbocycles. The molecule has 0 saturated heterocycles. The molecule has 0 aliphatic rings. The van der Waals surface area contributed by atoms with E-state index in [0.29, 0.717) is 35.5 Å². The van der Waals surface area contributed by atoms with E-state index < -0.39 is 0 Å². The molecule has 2 rings (SSSR count). The van der Waals surface area contributed by atoms with E-state index in [1.54, 1.807) is 18.2 Å². The highest BCUT2D eigenvalue weighted by atomic mass is 32.1. The van der Waals surface area contributed by atoms with Gasteiger partial charge in [-0.05, 0) is 36.0 Å². The van der Waals surface area contributed by atoms with Crippen LogP contribution in [0, 0.1) is 5.82 Å². The molecule has 2 aromatic rings. The lowest BCUT2D eigenvalue weighted by molar-refractivity contribution is 0.0957. The molecule has 6 heteroatoms. The van der Waals surface area contributed by atoms with Crippen LogP contribution in [-0.2, 0) is 12.8 Å². The van der Waals surface area contributed by atoms with Gasteiger partial charge in [-0.3, -0.25) is 4.79 Å². The second-order valence-corrected chi connectivity index (χ2v) is 4.75. The maximum absolute atomic E-state index is 13.4. The minimum absolute atomic E-state index is 0.191. The minimum atomic E-state index is -0.245. The van der Waals surface area contributed by atoms with Gasteiger partial charge < -0.3 is 5.32 Å². The number of hydrogen-bond acceptors (Lipinski definition) is 4. The van der Waals surface area contributed by atoms with Gasteiger partial charge in [-0.15, -0.1) is 5.10 Å². The molecule has 0 bridgehead atoms. The fourth-order valence-corrected chi connectivity index (χ4v) is 2.37. The predicted octanol–water partition coefficient (Wildman–Crippen LogP) is 2.21. The average Bonchev–Trinajstić information content (AvgIpc) is 2.89. The van der Waals surface area contributed by atoms with Gasteiger partial charge in [-0.25, -0.2) is 4.39 Å². The van der Waals surface area contributed by atoms with Gasteiger partial charge in [0.2, 0.25) is 0 Å². The van der Waals surface area contributed by atoms with E-state index in [4.69, 9.17) is 0 Å². The molecule has 0 fully saturated rings. The molecule has 1 aromatic heterocycles. The highest BCUT2D eigenvalue weighted by molar-refractivity contribution is 7.08. The Hall–Kier alpha value is -1.82. The van der Waals surface area contributed by atoms with Crippen molar-refractivity contribution in [1.29, 1.82) is 0 Å². The second kappa shape index (κ2) is 6.38. The number of carbonyl (C=O) groups excluding carboxylic acids is 1. The van der Waals surface area contributed by atoms with Crippen molar-refractivity contribution < 1.29 is 9.18 Å². The van der Waals surface area contributed by atoms with Crippen LogP contribution in [-0.4, -0.2) is 22.0 Å². The van der Waals surface area contributed by atoms with Crippen molar-refractivity contribution in [2.24, 2.45) is 0 Å². The first-order valence-corrected chi connectivity index (χ1v) is 6.82. The second-order valence-electron chi connectivity index (χ2n) is 4.00. The highest BCUT2D eigenvalue weighted by Gasteiger charge is 2.14. The van der Waals surface area contributed by atoms with Crippen molar-refractivity contribution in [3.63, 3.8) is 0 Å². The molecule has 1 aromatic carbocycles. The number of carbonyl (C=O) groups is 1. The third kappa shape index (κ3) is 3.35. The highest BCUT2D eigenvalue weighted by Crippen LogP contribution is 2.11. The van der Waals surface area contributed by atoms with Crippen LogP contribution in [0.1, 0.15) is 27.9 Å². The van der Waals surface area contributed by atoms with Crippen molar-refractivity contribution in [3.05, 3.63) is 46.2 Å². The van der Waals surface area contributed by atoms with Crippen molar-refractivity contribution in [3.8, 4) is 0 Å². The van der Waals surface area contributed by atoms with E-state index in [-0.39, 0.29) is 11.7 Å². The first-order chi connectivity index (χ1) is 9.22. The molecule has 0 spiro atoms. The number of aromatic nitrogens is 2. The smallest absolute Gasteiger partial charge is 0.264 e. The normalized spacial score (nSPS) is 10.4. The van der Waals surface area contributed by atoms with Gasteiger partial charge in [-0.2, -0.15) is 0 Å². The summed E-state index contributed by atoms with van der Waals surface area (Å²) in [6.45, 7) is 2.31. The third-order valence-electron chi connectivity index (χ3n) is 2.73. The Balaban J connectivity index is 1.90. The molecule has 1 heterocycles. The molecule has 1 N–H and O–H groups in total. The number of benzene rings is 1. The van der Waals surface area contributed by atoms with Gasteiger partial charge in [0.15, 0.2) is 0 Å². The number of amides is 1. The van der Waals surface area contributed by atoms with Crippen LogP contribution in [0.15, 0.2) is 24.3 Å². The Morgan fingerprint density at radius 2 is 2.21 bits per heavy atom. The Kier molecular flexibility index (Phi) is 4.57. The number of nitrogens with one attached hydrogen (secondary N) is 1. The molecule has 0 saturated carbocycles. The zero-order valence-electron chi connectivity index (χ0n) is 10.5. The van der Waals surface area contributed by atoms with Gasteiger partial charge in [0.05, 0.1) is 5.69 Å². The van der Waals surface area contributed by atoms with E-state index in [0.717, 1.165) is 11.5 Å². The molecule has 100 valence electrons. The molecule has 4 nitrogen and oxygen atoms in total. The third-order valence-corrected chi connectivity index (χ3v) is 3.50. The monoisotopic (exact) mass is 279 g/mol. The molecule has 0 unspecified atom stereocenters. The van der Waals surface area contributed by atoms with Crippen LogP contribution >= 0.6 is 11.5 Å². The van der Waals surface area contributed by atoms with Crippen molar-refractivity contribution in [2.45, 2.75) is 19.8 Å². The largest absolute Gasteiger partial charge is 0.351 e. The van der Waals surface area contributed by atoms with E-state index in [9.17, 15) is 9.18 Å². The maximum atomic E-state index is 13.4. The average molecular weight is 279 g/mol. The van der Waals surface area contributed by atoms with Crippen LogP contribution in [0.4, 0.5) is 4.39 Å². The molecular formula is C13H14FN3OS. The number of aryl methyl sites for hydroxylation is 1. The van der Waals surface area contributed by atoms with Crippen molar-refractivity contribution in [1.82, 2.24) is 14.9 Å². The SMILES string of the molecule is CCc1nnsc1C(=O)NCCc1ccccc1F. The molecule has 1 amide bonds. The summed E-state index contributed by atoms with van der Waals surface area (Å²) >= 11 is 1.08. The summed E-state index contributed by atoms with van der Waals surface area (Å²) in [6, 6.07) is 6.56. The van der Waals surface area contributed by atoms with Crippen LogP contribution in [0.25, 0.3) is 0 Å². The lowest BCUT2D eigenvalue weighted by atomic mass is 10.1. The van der Waals surface area contributed by atoms with Crippen LogP contribution in [0.2, 0.25) is 0 Å². The van der Waals surface area contributed by atoms with Crippen LogP contribution in [0.3, 0.4) is 0 Å². The van der Waals surface area contributed by atoms with E-state index >= 15 is 0 Å². The number of nitrogens with zero attached hydrogens (tertiary/aromatic N) is 2. The molecule has 0 atom stereocenters. The predicted molar refractivity (Wildman–Crippen MR) is 71.7 cm³/mol. The van der Waals surface area contributed by atoms with Crippen molar-refractivity contribution in [2.75, 3.05) is 6.54 Å². The lowest BCUT2D eigenvalue weighted by Crippen LogP contribution is -2.26. The summed E-state index contributed by atoms with van der Waals surface area (Å²) in [7, 11) is 0. The summed E-state index contributed by atoms with van der Waals surface area (Å²) < 4.78 is 17.1. The van der Waals surface area contributed by atoms with E-state index in [1.807, 2.05) is 6.92 Å². The number of rotatable bonds is 5. The van der Waals surface area contributed by atoms with Crippen LogP contribution < -0.4 is 5.32 Å². The Morgan fingerprint density at radius 3 is 2.95 bits per heavy atom. The molecule has 0 aliphatic heterocycles. The Bertz CT molecular complexity index is 571. The Labute approximate surface area is 114 Å². The van der Waals surface area contributed by atoms with Crippen LogP contribution in [0.5, 0.6) is 0 Å². The van der Waals surface area contributed by atoms with Gasteiger partial charge >= 0.3 is 0 Å². The van der Waals surface area contributed by atoms with E-state index in [2.05, 4.69) is 14.9 Å². The van der Waals surface area contributed by atoms with E-state index in [1.165, 1.54) is 6.07 Å². The zero-order chi connectivity index (χ0) is 13.7. The fourth-order valence-electron chi connectivity index (χ4n) is 1.70. The Morgan fingerprint density at radius 1 is 1.42 bits per heavy atom. The summed E-state index contributed by atoms with van der Waals surface area (Å²) in [5.74, 6) is -0.436. The van der Waals surface area contributed by atoms with Gasteiger partial charge in [0, 0.05) is 6.54 Å². The summed E-state index contributed by atoms with van der Waals surface area (Å²) in [6.07, 6.45) is 1.14. The summed E-state index contributed by atoms with van der Waals surface area (Å²) in [4.78, 5) is 12.4. The zero-order valence-corrected chi connectivity index (χ0v) is 11.3. The fraction of sp³-hybridized carbons (Fsp3) is 0.308. The summed E-state index contributed by atoms with van der Waals surface area (Å²) in [5.41, 5.74) is 1.30. The number of hydrogen-bond donors (Lipinski definition) is 1. The topological polar surface area (TPSA) is 54.9 Å². The molecule has 19 heavy (non-hydrogen) atoms. The van der Waals surface area contributed by atoms with Gasteiger partial charge in [-0.1, -0.05) is 29.6 Å². The summed E-state index contributed by atoms with van der Waals surface area (Å²) in [5, 5.41) is 6.64.